The van der Waals surface area contributed by atoms with Gasteiger partial charge < -0.3 is 29.4 Å². The van der Waals surface area contributed by atoms with E-state index in [1.54, 1.807) is 28.4 Å². The topological polar surface area (TPSA) is 72.2 Å². The monoisotopic (exact) mass is 427 g/mol. The fourth-order valence-corrected chi connectivity index (χ4v) is 6.69. The number of rotatable bonds is 15. The predicted molar refractivity (Wildman–Crippen MR) is 117 cm³/mol. The van der Waals surface area contributed by atoms with Gasteiger partial charge in [0.25, 0.3) is 0 Å². The molecule has 5 atom stereocenters. The van der Waals surface area contributed by atoms with Crippen molar-refractivity contribution in [2.24, 2.45) is 5.73 Å². The van der Waals surface area contributed by atoms with Crippen LogP contribution >= 0.6 is 17.2 Å². The van der Waals surface area contributed by atoms with E-state index in [0.717, 1.165) is 19.3 Å². The van der Waals surface area contributed by atoms with Crippen LogP contribution in [-0.2, 0) is 23.7 Å². The Kier molecular flexibility index (Phi) is 12.6. The highest BCUT2D eigenvalue weighted by Crippen LogP contribution is 2.52. The van der Waals surface area contributed by atoms with Crippen molar-refractivity contribution in [3.8, 4) is 0 Å². The lowest BCUT2D eigenvalue weighted by atomic mass is 9.98. The molecule has 0 saturated heterocycles. The lowest BCUT2D eigenvalue weighted by Gasteiger charge is -2.47. The van der Waals surface area contributed by atoms with Gasteiger partial charge in [0, 0.05) is 52.6 Å². The molecule has 27 heavy (non-hydrogen) atoms. The van der Waals surface area contributed by atoms with Gasteiger partial charge in [-0.05, 0) is 13.3 Å². The normalized spacial score (nSPS) is 19.7. The Labute approximate surface area is 170 Å². The van der Waals surface area contributed by atoms with Crippen LogP contribution in [0.1, 0.15) is 60.8 Å². The Bertz CT molecular complexity index is 361. The van der Waals surface area contributed by atoms with Crippen LogP contribution in [0.2, 0.25) is 0 Å². The zero-order chi connectivity index (χ0) is 21.3. The second kappa shape index (κ2) is 12.3. The molecule has 0 bridgehead atoms. The molecule has 0 aliphatic rings. The van der Waals surface area contributed by atoms with Crippen molar-refractivity contribution in [2.45, 2.75) is 95.0 Å². The molecule has 8 heteroatoms. The Morgan fingerprint density at radius 1 is 0.778 bits per heavy atom. The molecule has 0 heterocycles. The minimum absolute atomic E-state index is 0.167. The first-order valence-electron chi connectivity index (χ1n) is 9.77. The quantitative estimate of drug-likeness (QED) is 0.310. The van der Waals surface area contributed by atoms with Crippen LogP contribution in [0.3, 0.4) is 0 Å². The maximum atomic E-state index is 6.44. The predicted octanol–water partition coefficient (Wildman–Crippen LogP) is 4.30. The fourth-order valence-electron chi connectivity index (χ4n) is 3.12. The molecule has 0 radical (unpaired) electrons. The molecule has 2 N–H and O–H groups in total. The highest BCUT2D eigenvalue weighted by Gasteiger charge is 2.46. The molecule has 0 aromatic rings. The number of hydrogen-bond acceptors (Lipinski definition) is 6. The van der Waals surface area contributed by atoms with Crippen LogP contribution in [0, 0.1) is 0 Å². The summed E-state index contributed by atoms with van der Waals surface area (Å²) in [6, 6.07) is 0. The SMILES string of the molecule is CCC(N)OC(C)(C(C)PC(CC)(OC)OC)C(C)PC(CC)(OC)OC. The van der Waals surface area contributed by atoms with Crippen molar-refractivity contribution in [3.05, 3.63) is 0 Å². The van der Waals surface area contributed by atoms with E-state index in [1.807, 2.05) is 6.92 Å². The minimum atomic E-state index is -0.604. The van der Waals surface area contributed by atoms with E-state index in [4.69, 9.17) is 29.4 Å². The molecule has 0 aromatic heterocycles. The van der Waals surface area contributed by atoms with Crippen LogP contribution in [0.15, 0.2) is 0 Å². The summed E-state index contributed by atoms with van der Waals surface area (Å²) in [4.78, 5) is 0. The zero-order valence-corrected chi connectivity index (χ0v) is 21.0. The number of ether oxygens (including phenoxy) is 5. The van der Waals surface area contributed by atoms with Crippen LogP contribution in [0.4, 0.5) is 0 Å². The Hall–Kier alpha value is 0.620. The van der Waals surface area contributed by atoms with Gasteiger partial charge in [-0.3, -0.25) is 0 Å². The molecule has 0 fully saturated rings. The summed E-state index contributed by atoms with van der Waals surface area (Å²) in [5.74, 6) is 0. The summed E-state index contributed by atoms with van der Waals surface area (Å²) in [6.07, 6.45) is 1.97. The fraction of sp³-hybridized carbons (Fsp3) is 1.00. The van der Waals surface area contributed by atoms with Gasteiger partial charge in [0.15, 0.2) is 11.1 Å². The van der Waals surface area contributed by atoms with Crippen LogP contribution in [0.25, 0.3) is 0 Å². The summed E-state index contributed by atoms with van der Waals surface area (Å²) in [7, 11) is 7.60. The van der Waals surface area contributed by atoms with Gasteiger partial charge in [-0.2, -0.15) is 0 Å². The third-order valence-electron chi connectivity index (χ3n) is 5.65. The molecule has 0 aromatic carbocycles. The molecule has 0 spiro atoms. The molecule has 5 unspecified atom stereocenters. The van der Waals surface area contributed by atoms with Crippen molar-refractivity contribution >= 4 is 17.2 Å². The Morgan fingerprint density at radius 2 is 1.11 bits per heavy atom. The van der Waals surface area contributed by atoms with E-state index in [0.29, 0.717) is 17.2 Å². The first-order valence-corrected chi connectivity index (χ1v) is 11.9. The minimum Gasteiger partial charge on any atom is -0.356 e. The highest BCUT2D eigenvalue weighted by atomic mass is 31.1. The third kappa shape index (κ3) is 7.12. The maximum absolute atomic E-state index is 6.44. The van der Waals surface area contributed by atoms with E-state index >= 15 is 0 Å². The average Bonchev–Trinajstić information content (AvgIpc) is 2.69. The van der Waals surface area contributed by atoms with Crippen molar-refractivity contribution in [1.29, 1.82) is 0 Å². The average molecular weight is 428 g/mol. The molecule has 0 aliphatic heterocycles. The third-order valence-corrected chi connectivity index (χ3v) is 10.1. The van der Waals surface area contributed by atoms with E-state index < -0.39 is 16.7 Å². The van der Waals surface area contributed by atoms with Gasteiger partial charge in [0.2, 0.25) is 0 Å². The summed E-state index contributed by atoms with van der Waals surface area (Å²) in [5, 5.41) is 0. The second-order valence-electron chi connectivity index (χ2n) is 7.01. The van der Waals surface area contributed by atoms with Crippen molar-refractivity contribution in [3.63, 3.8) is 0 Å². The first kappa shape index (κ1) is 27.6. The molecule has 0 amide bonds. The smallest absolute Gasteiger partial charge is 0.183 e. The largest absolute Gasteiger partial charge is 0.356 e. The van der Waals surface area contributed by atoms with Crippen LogP contribution in [-0.4, -0.2) is 62.6 Å². The van der Waals surface area contributed by atoms with Gasteiger partial charge in [-0.15, -0.1) is 0 Å². The molecule has 6 nitrogen and oxygen atoms in total. The summed E-state index contributed by atoms with van der Waals surface area (Å²) >= 11 is 0. The summed E-state index contributed by atoms with van der Waals surface area (Å²) < 4.78 is 29.4. The zero-order valence-electron chi connectivity index (χ0n) is 19.0. The molecule has 164 valence electrons. The van der Waals surface area contributed by atoms with Crippen LogP contribution in [0.5, 0.6) is 0 Å². The van der Waals surface area contributed by atoms with Crippen molar-refractivity contribution in [1.82, 2.24) is 0 Å². The standard InChI is InChI=1S/C19H43NO5P2/c1-11-16(20)25-17(6,14(4)26-18(12-2,21-7)22-8)15(5)27-19(13-3,23-9)24-10/h14-16,26-27H,11-13,20H2,1-10H3. The van der Waals surface area contributed by atoms with E-state index in [2.05, 4.69) is 34.6 Å². The lowest BCUT2D eigenvalue weighted by Crippen LogP contribution is -2.52. The van der Waals surface area contributed by atoms with Gasteiger partial charge in [-0.25, -0.2) is 0 Å². The van der Waals surface area contributed by atoms with Gasteiger partial charge in [0.1, 0.15) is 6.23 Å². The Morgan fingerprint density at radius 3 is 1.33 bits per heavy atom. The van der Waals surface area contributed by atoms with Gasteiger partial charge in [0.05, 0.1) is 5.60 Å². The number of hydrogen-bond donors (Lipinski definition) is 1. The molecular formula is C19H43NO5P2. The van der Waals surface area contributed by atoms with E-state index in [9.17, 15) is 0 Å². The van der Waals surface area contributed by atoms with Crippen LogP contribution < -0.4 is 5.73 Å². The van der Waals surface area contributed by atoms with Crippen molar-refractivity contribution in [2.75, 3.05) is 28.4 Å². The lowest BCUT2D eigenvalue weighted by molar-refractivity contribution is -0.144. The summed E-state index contributed by atoms with van der Waals surface area (Å²) in [5.41, 5.74) is 4.87. The number of methoxy groups -OCH3 is 4. The second-order valence-corrected chi connectivity index (χ2v) is 10.8. The number of nitrogens with two attached hydrogens (primary N) is 1. The summed E-state index contributed by atoms with van der Waals surface area (Å²) in [6.45, 7) is 12.7. The van der Waals surface area contributed by atoms with E-state index in [-0.39, 0.29) is 17.5 Å². The molecular weight excluding hydrogens is 384 g/mol. The van der Waals surface area contributed by atoms with Gasteiger partial charge in [-0.1, -0.05) is 51.8 Å². The first-order chi connectivity index (χ1) is 12.6. The molecule has 0 rings (SSSR count). The van der Waals surface area contributed by atoms with Crippen molar-refractivity contribution < 1.29 is 23.7 Å². The molecule has 0 aliphatic carbocycles. The maximum Gasteiger partial charge on any atom is 0.183 e. The van der Waals surface area contributed by atoms with Gasteiger partial charge >= 0.3 is 0 Å². The van der Waals surface area contributed by atoms with E-state index in [1.165, 1.54) is 0 Å². The molecule has 0 saturated carbocycles. The highest BCUT2D eigenvalue weighted by molar-refractivity contribution is 7.41. The Balaban J connectivity index is 5.75.